The first kappa shape index (κ1) is 22.5. The first-order valence-corrected chi connectivity index (χ1v) is 10.2. The average Bonchev–Trinajstić information content (AvgIpc) is 3.09. The number of nitrogens with one attached hydrogen (secondary N) is 1. The van der Waals surface area contributed by atoms with Crippen molar-refractivity contribution in [2.75, 3.05) is 7.11 Å². The lowest BCUT2D eigenvalue weighted by molar-refractivity contribution is -0.121. The van der Waals surface area contributed by atoms with Gasteiger partial charge in [0.1, 0.15) is 11.3 Å². The summed E-state index contributed by atoms with van der Waals surface area (Å²) in [5.74, 6) is 1.09. The summed E-state index contributed by atoms with van der Waals surface area (Å²) in [6, 6.07) is 9.76. The van der Waals surface area contributed by atoms with Crippen molar-refractivity contribution in [3.05, 3.63) is 36.9 Å². The number of nitriles is 1. The maximum absolute atomic E-state index is 12.7. The van der Waals surface area contributed by atoms with E-state index in [0.717, 1.165) is 5.56 Å². The molecule has 0 saturated carbocycles. The number of benzene rings is 1. The van der Waals surface area contributed by atoms with Crippen LogP contribution in [0.5, 0.6) is 5.75 Å². The highest BCUT2D eigenvalue weighted by Gasteiger charge is 2.32. The number of amides is 1. The molecule has 8 heteroatoms. The van der Waals surface area contributed by atoms with Crippen molar-refractivity contribution in [3.63, 3.8) is 0 Å². The van der Waals surface area contributed by atoms with Crippen LogP contribution in [0.4, 0.5) is 0 Å². The molecular formula is C21H27N5O2S. The van der Waals surface area contributed by atoms with Crippen molar-refractivity contribution in [1.29, 1.82) is 5.26 Å². The lowest BCUT2D eigenvalue weighted by atomic mass is 9.90. The number of rotatable bonds is 9. The molecule has 154 valence electrons. The second kappa shape index (κ2) is 9.61. The maximum atomic E-state index is 12.7. The fourth-order valence-electron chi connectivity index (χ4n) is 2.57. The minimum absolute atomic E-state index is 0.0183. The molecule has 1 aromatic heterocycles. The molecule has 0 spiro atoms. The van der Waals surface area contributed by atoms with Crippen molar-refractivity contribution in [3.8, 4) is 23.2 Å². The molecule has 0 aliphatic rings. The van der Waals surface area contributed by atoms with Crippen LogP contribution in [0, 0.1) is 17.2 Å². The van der Waals surface area contributed by atoms with Crippen LogP contribution >= 0.6 is 11.8 Å². The standard InChI is InChI=1S/C21H27N5O2S/c1-7-12-26-18(16-10-8-9-11-17(16)28-6)24-25-20(26)29-15(4)19(27)23-21(5,13-22)14(2)3/h7-11,14-15H,1,12H2,2-6H3,(H,23,27)/t15-,21+/m0/s1. The minimum atomic E-state index is -0.927. The van der Waals surface area contributed by atoms with E-state index in [0.29, 0.717) is 23.3 Å². The highest BCUT2D eigenvalue weighted by Crippen LogP contribution is 2.32. The highest BCUT2D eigenvalue weighted by molar-refractivity contribution is 8.00. The fraction of sp³-hybridized carbons (Fsp3) is 0.429. The number of methoxy groups -OCH3 is 1. The topological polar surface area (TPSA) is 92.8 Å². The molecule has 0 radical (unpaired) electrons. The third-order valence-electron chi connectivity index (χ3n) is 4.80. The van der Waals surface area contributed by atoms with Crippen LogP contribution in [0.25, 0.3) is 11.4 Å². The summed E-state index contributed by atoms with van der Waals surface area (Å²) < 4.78 is 7.34. The van der Waals surface area contributed by atoms with Crippen LogP contribution in [-0.2, 0) is 11.3 Å². The number of thioether (sulfide) groups is 1. The molecule has 0 aliphatic carbocycles. The van der Waals surface area contributed by atoms with Crippen molar-refractivity contribution in [1.82, 2.24) is 20.1 Å². The van der Waals surface area contributed by atoms with Crippen molar-refractivity contribution in [2.24, 2.45) is 5.92 Å². The van der Waals surface area contributed by atoms with E-state index in [2.05, 4.69) is 28.2 Å². The number of hydrogen-bond donors (Lipinski definition) is 1. The summed E-state index contributed by atoms with van der Waals surface area (Å²) in [4.78, 5) is 12.7. The number of nitrogens with zero attached hydrogens (tertiary/aromatic N) is 4. The van der Waals surface area contributed by atoms with E-state index >= 15 is 0 Å². The van der Waals surface area contributed by atoms with E-state index in [4.69, 9.17) is 4.74 Å². The Balaban J connectivity index is 2.29. The molecular weight excluding hydrogens is 386 g/mol. The van der Waals surface area contributed by atoms with Gasteiger partial charge in [0.25, 0.3) is 0 Å². The molecule has 0 fully saturated rings. The molecule has 1 N–H and O–H groups in total. The lowest BCUT2D eigenvalue weighted by Crippen LogP contribution is -2.51. The normalized spacial score (nSPS) is 14.0. The minimum Gasteiger partial charge on any atom is -0.496 e. The van der Waals surface area contributed by atoms with E-state index in [-0.39, 0.29) is 11.8 Å². The predicted molar refractivity (Wildman–Crippen MR) is 115 cm³/mol. The van der Waals surface area contributed by atoms with Crippen LogP contribution in [-0.4, -0.2) is 38.6 Å². The fourth-order valence-corrected chi connectivity index (χ4v) is 3.43. The number of aromatic nitrogens is 3. The first-order chi connectivity index (χ1) is 13.8. The van der Waals surface area contributed by atoms with Crippen LogP contribution in [0.2, 0.25) is 0 Å². The molecule has 1 heterocycles. The molecule has 0 aliphatic heterocycles. The molecule has 1 amide bonds. The number of para-hydroxylation sites is 1. The highest BCUT2D eigenvalue weighted by atomic mass is 32.2. The van der Waals surface area contributed by atoms with Crippen molar-refractivity contribution < 1.29 is 9.53 Å². The summed E-state index contributed by atoms with van der Waals surface area (Å²) in [7, 11) is 1.61. The van der Waals surface area contributed by atoms with Gasteiger partial charge in [0.05, 0.1) is 24.0 Å². The Labute approximate surface area is 176 Å². The van der Waals surface area contributed by atoms with Gasteiger partial charge < -0.3 is 10.1 Å². The van der Waals surface area contributed by atoms with Gasteiger partial charge in [-0.3, -0.25) is 9.36 Å². The van der Waals surface area contributed by atoms with Crippen LogP contribution < -0.4 is 10.1 Å². The zero-order chi connectivity index (χ0) is 21.6. The number of allylic oxidation sites excluding steroid dienone is 1. The summed E-state index contributed by atoms with van der Waals surface area (Å²) in [5.41, 5.74) is -0.117. The Morgan fingerprint density at radius 1 is 1.41 bits per heavy atom. The zero-order valence-electron chi connectivity index (χ0n) is 17.5. The van der Waals surface area contributed by atoms with Crippen LogP contribution in [0.1, 0.15) is 27.7 Å². The van der Waals surface area contributed by atoms with E-state index in [1.165, 1.54) is 11.8 Å². The Morgan fingerprint density at radius 2 is 2.10 bits per heavy atom. The summed E-state index contributed by atoms with van der Waals surface area (Å²) >= 11 is 1.29. The second-order valence-electron chi connectivity index (χ2n) is 7.12. The van der Waals surface area contributed by atoms with Gasteiger partial charge in [0.15, 0.2) is 11.0 Å². The largest absolute Gasteiger partial charge is 0.496 e. The summed E-state index contributed by atoms with van der Waals surface area (Å²) in [6.07, 6.45) is 1.75. The van der Waals surface area contributed by atoms with Crippen molar-refractivity contribution in [2.45, 2.75) is 50.2 Å². The number of carbonyl (C=O) groups is 1. The third kappa shape index (κ3) is 4.98. The SMILES string of the molecule is C=CCn1c(S[C@@H](C)C(=O)N[C@](C)(C#N)C(C)C)nnc1-c1ccccc1OC. The molecule has 2 atom stereocenters. The molecule has 1 aromatic carbocycles. The van der Waals surface area contributed by atoms with Gasteiger partial charge in [-0.2, -0.15) is 5.26 Å². The Hall–Kier alpha value is -2.79. The van der Waals surface area contributed by atoms with Gasteiger partial charge in [0, 0.05) is 6.54 Å². The average molecular weight is 414 g/mol. The summed E-state index contributed by atoms with van der Waals surface area (Å²) in [5, 5.41) is 21.0. The monoisotopic (exact) mass is 413 g/mol. The van der Waals surface area contributed by atoms with E-state index < -0.39 is 10.8 Å². The number of carbonyl (C=O) groups excluding carboxylic acids is 1. The van der Waals surface area contributed by atoms with Gasteiger partial charge in [0.2, 0.25) is 5.91 Å². The third-order valence-corrected chi connectivity index (χ3v) is 5.88. The predicted octanol–water partition coefficient (Wildman–Crippen LogP) is 3.67. The Morgan fingerprint density at radius 3 is 2.69 bits per heavy atom. The second-order valence-corrected chi connectivity index (χ2v) is 8.43. The summed E-state index contributed by atoms with van der Waals surface area (Å²) in [6.45, 7) is 11.6. The number of hydrogen-bond acceptors (Lipinski definition) is 6. The van der Waals surface area contributed by atoms with Gasteiger partial charge in [-0.05, 0) is 31.9 Å². The molecule has 29 heavy (non-hydrogen) atoms. The molecule has 0 saturated heterocycles. The molecule has 2 rings (SSSR count). The molecule has 0 unspecified atom stereocenters. The number of ether oxygens (including phenoxy) is 1. The van der Waals surface area contributed by atoms with E-state index in [9.17, 15) is 10.1 Å². The quantitative estimate of drug-likeness (QED) is 0.498. The zero-order valence-corrected chi connectivity index (χ0v) is 18.3. The van der Waals surface area contributed by atoms with Gasteiger partial charge in [-0.15, -0.1) is 16.8 Å². The molecule has 7 nitrogen and oxygen atoms in total. The van der Waals surface area contributed by atoms with E-state index in [1.807, 2.05) is 42.7 Å². The maximum Gasteiger partial charge on any atom is 0.234 e. The van der Waals surface area contributed by atoms with E-state index in [1.54, 1.807) is 27.0 Å². The lowest BCUT2D eigenvalue weighted by Gasteiger charge is -2.28. The van der Waals surface area contributed by atoms with Crippen LogP contribution in [0.3, 0.4) is 0 Å². The molecule has 2 aromatic rings. The van der Waals surface area contributed by atoms with Gasteiger partial charge >= 0.3 is 0 Å². The molecule has 0 bridgehead atoms. The van der Waals surface area contributed by atoms with Gasteiger partial charge in [-0.25, -0.2) is 0 Å². The smallest absolute Gasteiger partial charge is 0.234 e. The van der Waals surface area contributed by atoms with Crippen molar-refractivity contribution >= 4 is 17.7 Å². The Bertz CT molecular complexity index is 918. The Kier molecular flexibility index (Phi) is 7.46. The van der Waals surface area contributed by atoms with Crippen LogP contribution in [0.15, 0.2) is 42.1 Å². The van der Waals surface area contributed by atoms with Gasteiger partial charge in [-0.1, -0.05) is 43.8 Å². The first-order valence-electron chi connectivity index (χ1n) is 9.34.